The van der Waals surface area contributed by atoms with Crippen LogP contribution in [-0.2, 0) is 0 Å². The van der Waals surface area contributed by atoms with Crippen LogP contribution in [0, 0.1) is 11.7 Å². The topological polar surface area (TPSA) is 0 Å². The van der Waals surface area contributed by atoms with E-state index in [1.165, 1.54) is 24.5 Å². The molecule has 0 amide bonds. The quantitative estimate of drug-likeness (QED) is 0.332. The second-order valence-corrected chi connectivity index (χ2v) is 7.58. The third-order valence-electron chi connectivity index (χ3n) is 5.80. The largest absolute Gasteiger partial charge is 0.266 e. The van der Waals surface area contributed by atoms with Gasteiger partial charge in [-0.1, -0.05) is 42.5 Å². The van der Waals surface area contributed by atoms with Crippen LogP contribution in [0.1, 0.15) is 62.0 Å². The van der Waals surface area contributed by atoms with Gasteiger partial charge in [-0.15, -0.1) is 0 Å². The van der Waals surface area contributed by atoms with Crippen molar-refractivity contribution in [3.05, 3.63) is 71.6 Å². The van der Waals surface area contributed by atoms with Crippen LogP contribution >= 0.6 is 0 Å². The highest BCUT2D eigenvalue weighted by molar-refractivity contribution is 5.64. The summed E-state index contributed by atoms with van der Waals surface area (Å²) in [7, 11) is 0. The van der Waals surface area contributed by atoms with Gasteiger partial charge in [-0.25, -0.2) is 17.6 Å². The second kappa shape index (κ2) is 9.90. The highest BCUT2D eigenvalue weighted by atomic mass is 19.3. The predicted molar refractivity (Wildman–Crippen MR) is 106 cm³/mol. The summed E-state index contributed by atoms with van der Waals surface area (Å²) in [5.74, 6) is 0.386. The summed E-state index contributed by atoms with van der Waals surface area (Å²) in [6, 6.07) is 11.9. The van der Waals surface area contributed by atoms with Crippen LogP contribution in [0.4, 0.5) is 17.6 Å². The van der Waals surface area contributed by atoms with Crippen molar-refractivity contribution in [2.75, 3.05) is 6.67 Å². The molecule has 0 N–H and O–H groups in total. The van der Waals surface area contributed by atoms with E-state index in [1.807, 2.05) is 18.2 Å². The van der Waals surface area contributed by atoms with Crippen LogP contribution in [0.5, 0.6) is 0 Å². The van der Waals surface area contributed by atoms with Gasteiger partial charge in [0.05, 0.1) is 5.56 Å². The Morgan fingerprint density at radius 2 is 1.57 bits per heavy atom. The third kappa shape index (κ3) is 5.24. The molecule has 0 nitrogen and oxygen atoms in total. The molecular weight excluding hydrogens is 364 g/mol. The van der Waals surface area contributed by atoms with Crippen molar-refractivity contribution in [3.63, 3.8) is 0 Å². The van der Waals surface area contributed by atoms with Gasteiger partial charge in [-0.2, -0.15) is 0 Å². The number of rotatable bonds is 7. The van der Waals surface area contributed by atoms with E-state index in [-0.39, 0.29) is 6.67 Å². The zero-order valence-electron chi connectivity index (χ0n) is 15.9. The summed E-state index contributed by atoms with van der Waals surface area (Å²) in [6.07, 6.45) is 7.47. The normalized spacial score (nSPS) is 20.2. The minimum absolute atomic E-state index is 0.383. The lowest BCUT2D eigenvalue weighted by atomic mass is 9.77. The maximum atomic E-state index is 13.8. The first-order valence-electron chi connectivity index (χ1n) is 9.97. The average molecular weight is 390 g/mol. The molecular formula is C24H26F4. The molecule has 0 saturated heterocycles. The number of hydrogen-bond acceptors (Lipinski definition) is 0. The van der Waals surface area contributed by atoms with E-state index in [9.17, 15) is 17.6 Å². The summed E-state index contributed by atoms with van der Waals surface area (Å²) in [5.41, 5.74) is 2.16. The Morgan fingerprint density at radius 1 is 0.893 bits per heavy atom. The molecule has 0 aromatic heterocycles. The number of hydrogen-bond donors (Lipinski definition) is 0. The average Bonchev–Trinajstić information content (AvgIpc) is 2.71. The van der Waals surface area contributed by atoms with Gasteiger partial charge in [0, 0.05) is 0 Å². The Morgan fingerprint density at radius 3 is 2.18 bits per heavy atom. The van der Waals surface area contributed by atoms with Gasteiger partial charge in [0.25, 0.3) is 6.43 Å². The molecule has 0 spiro atoms. The first-order valence-corrected chi connectivity index (χ1v) is 9.97. The third-order valence-corrected chi connectivity index (χ3v) is 5.80. The molecule has 1 aliphatic rings. The zero-order valence-corrected chi connectivity index (χ0v) is 15.9. The van der Waals surface area contributed by atoms with Crippen LogP contribution < -0.4 is 0 Å². The molecule has 2 aromatic rings. The lowest BCUT2D eigenvalue weighted by Gasteiger charge is -2.28. The first-order chi connectivity index (χ1) is 13.6. The van der Waals surface area contributed by atoms with Crippen molar-refractivity contribution < 1.29 is 17.6 Å². The molecule has 28 heavy (non-hydrogen) atoms. The SMILES string of the molecule is FCC=CCCC1CCC(c2ccc(-c3ccc(C(F)F)c(F)c3)cc2)CC1. The number of allylic oxidation sites excluding steroid dienone is 2. The second-order valence-electron chi connectivity index (χ2n) is 7.58. The molecule has 0 heterocycles. The molecule has 0 atom stereocenters. The van der Waals surface area contributed by atoms with Crippen LogP contribution in [0.2, 0.25) is 0 Å². The van der Waals surface area contributed by atoms with E-state index in [0.29, 0.717) is 11.5 Å². The summed E-state index contributed by atoms with van der Waals surface area (Å²) < 4.78 is 51.3. The first kappa shape index (κ1) is 20.6. The van der Waals surface area contributed by atoms with Crippen molar-refractivity contribution in [2.45, 2.75) is 50.9 Å². The predicted octanol–water partition coefficient (Wildman–Crippen LogP) is 8.01. The Hall–Kier alpha value is -2.10. The smallest absolute Gasteiger partial charge is 0.247 e. The molecule has 0 aliphatic heterocycles. The van der Waals surface area contributed by atoms with E-state index >= 15 is 0 Å². The fraction of sp³-hybridized carbons (Fsp3) is 0.417. The van der Waals surface area contributed by atoms with Gasteiger partial charge in [-0.05, 0) is 79.2 Å². The molecule has 0 bridgehead atoms. The number of benzene rings is 2. The highest BCUT2D eigenvalue weighted by Crippen LogP contribution is 2.38. The molecule has 1 saturated carbocycles. The molecule has 3 rings (SSSR count). The van der Waals surface area contributed by atoms with Gasteiger partial charge in [-0.3, -0.25) is 0 Å². The minimum Gasteiger partial charge on any atom is -0.247 e. The molecule has 1 aliphatic carbocycles. The number of alkyl halides is 3. The minimum atomic E-state index is -2.80. The Labute approximate surface area is 164 Å². The number of halogens is 4. The van der Waals surface area contributed by atoms with Crippen molar-refractivity contribution in [3.8, 4) is 11.1 Å². The molecule has 0 radical (unpaired) electrons. The Bertz CT molecular complexity index is 772. The van der Waals surface area contributed by atoms with Gasteiger partial charge < -0.3 is 0 Å². The van der Waals surface area contributed by atoms with Crippen molar-refractivity contribution in [1.29, 1.82) is 0 Å². The van der Waals surface area contributed by atoms with Crippen molar-refractivity contribution in [1.82, 2.24) is 0 Å². The Balaban J connectivity index is 1.58. The van der Waals surface area contributed by atoms with E-state index in [1.54, 1.807) is 12.1 Å². The molecule has 1 fully saturated rings. The Kier molecular flexibility index (Phi) is 7.30. The van der Waals surface area contributed by atoms with E-state index in [2.05, 4.69) is 12.1 Å². The van der Waals surface area contributed by atoms with Crippen LogP contribution in [-0.4, -0.2) is 6.67 Å². The summed E-state index contributed by atoms with van der Waals surface area (Å²) in [4.78, 5) is 0. The van der Waals surface area contributed by atoms with E-state index in [0.717, 1.165) is 43.2 Å². The van der Waals surface area contributed by atoms with Crippen LogP contribution in [0.25, 0.3) is 11.1 Å². The summed E-state index contributed by atoms with van der Waals surface area (Å²) in [6.45, 7) is -0.383. The lowest BCUT2D eigenvalue weighted by Crippen LogP contribution is -2.13. The molecule has 4 heteroatoms. The van der Waals surface area contributed by atoms with Crippen LogP contribution in [0.3, 0.4) is 0 Å². The summed E-state index contributed by atoms with van der Waals surface area (Å²) >= 11 is 0. The van der Waals surface area contributed by atoms with E-state index in [4.69, 9.17) is 0 Å². The van der Waals surface area contributed by atoms with Gasteiger partial charge >= 0.3 is 0 Å². The van der Waals surface area contributed by atoms with Gasteiger partial charge in [0.15, 0.2) is 0 Å². The molecule has 2 aromatic carbocycles. The maximum Gasteiger partial charge on any atom is 0.266 e. The highest BCUT2D eigenvalue weighted by Gasteiger charge is 2.22. The molecule has 0 unspecified atom stereocenters. The lowest BCUT2D eigenvalue weighted by molar-refractivity contribution is 0.146. The summed E-state index contributed by atoms with van der Waals surface area (Å²) in [5, 5.41) is 0. The van der Waals surface area contributed by atoms with E-state index < -0.39 is 17.8 Å². The van der Waals surface area contributed by atoms with Gasteiger partial charge in [0.2, 0.25) is 0 Å². The molecule has 150 valence electrons. The standard InChI is InChI=1S/C24H26F4/c25-15-3-1-2-4-17-5-7-18(8-6-17)19-9-11-20(12-10-19)21-13-14-22(24(27)28)23(26)16-21/h1,3,9-14,16-18,24H,2,4-8,15H2. The fourth-order valence-corrected chi connectivity index (χ4v) is 4.13. The monoisotopic (exact) mass is 390 g/mol. The zero-order chi connectivity index (χ0) is 19.9. The van der Waals surface area contributed by atoms with Gasteiger partial charge in [0.1, 0.15) is 12.5 Å². The van der Waals surface area contributed by atoms with Crippen molar-refractivity contribution >= 4 is 0 Å². The van der Waals surface area contributed by atoms with Crippen LogP contribution in [0.15, 0.2) is 54.6 Å². The van der Waals surface area contributed by atoms with Crippen molar-refractivity contribution in [2.24, 2.45) is 5.92 Å². The maximum absolute atomic E-state index is 13.8. The fourth-order valence-electron chi connectivity index (χ4n) is 4.13.